The average Bonchev–Trinajstić information content (AvgIpc) is 2.62. The molecular formula is C18H17ClN2O4S2. The molecule has 0 spiro atoms. The van der Waals surface area contributed by atoms with E-state index in [0.717, 1.165) is 10.5 Å². The minimum atomic E-state index is -3.66. The topological polar surface area (TPSA) is 92.3 Å². The number of carbonyl (C=O) groups is 2. The van der Waals surface area contributed by atoms with Crippen LogP contribution in [0.1, 0.15) is 12.0 Å². The second kappa shape index (κ2) is 7.92. The van der Waals surface area contributed by atoms with Crippen LogP contribution in [0, 0.1) is 6.92 Å². The quantitative estimate of drug-likeness (QED) is 0.766. The fourth-order valence-electron chi connectivity index (χ4n) is 2.54. The molecule has 2 N–H and O–H groups in total. The van der Waals surface area contributed by atoms with E-state index in [0.29, 0.717) is 22.2 Å². The highest BCUT2D eigenvalue weighted by Gasteiger charge is 2.21. The number of sulfone groups is 1. The van der Waals surface area contributed by atoms with Gasteiger partial charge in [0.1, 0.15) is 0 Å². The van der Waals surface area contributed by atoms with E-state index in [1.54, 1.807) is 24.3 Å². The number of aryl methyl sites for hydroxylation is 1. The molecule has 2 amide bonds. The maximum atomic E-state index is 12.6. The molecular weight excluding hydrogens is 408 g/mol. The Labute approximate surface area is 166 Å². The van der Waals surface area contributed by atoms with Crippen LogP contribution in [0.4, 0.5) is 11.4 Å². The molecule has 2 aromatic carbocycles. The van der Waals surface area contributed by atoms with Crippen molar-refractivity contribution < 1.29 is 18.0 Å². The first-order chi connectivity index (χ1) is 12.7. The lowest BCUT2D eigenvalue weighted by atomic mass is 10.2. The summed E-state index contributed by atoms with van der Waals surface area (Å²) in [5.41, 5.74) is 1.87. The van der Waals surface area contributed by atoms with Gasteiger partial charge in [-0.1, -0.05) is 17.7 Å². The first-order valence-corrected chi connectivity index (χ1v) is 11.1. The molecule has 0 saturated heterocycles. The Morgan fingerprint density at radius 3 is 2.81 bits per heavy atom. The first-order valence-electron chi connectivity index (χ1n) is 8.10. The number of amides is 2. The van der Waals surface area contributed by atoms with Gasteiger partial charge in [0.2, 0.25) is 11.8 Å². The molecule has 1 aliphatic rings. The number of hydrogen-bond donors (Lipinski definition) is 2. The van der Waals surface area contributed by atoms with Crippen molar-refractivity contribution in [3.05, 3.63) is 47.0 Å². The Morgan fingerprint density at radius 1 is 1.26 bits per heavy atom. The standard InChI is InChI=1S/C18H17ClN2O4S2/c1-11-2-3-12(19)8-14(11)20-17(22)6-7-27(24,25)13-4-5-16-15(9-13)21-18(23)10-26-16/h2-5,8-9H,6-7,10H2,1H3,(H,20,22)(H,21,23). The number of fused-ring (bicyclic) bond motifs is 1. The second-order valence-corrected chi connectivity index (χ2v) is 9.63. The van der Waals surface area contributed by atoms with Crippen LogP contribution in [0.3, 0.4) is 0 Å². The maximum Gasteiger partial charge on any atom is 0.234 e. The largest absolute Gasteiger partial charge is 0.326 e. The summed E-state index contributed by atoms with van der Waals surface area (Å²) in [5.74, 6) is -0.607. The highest BCUT2D eigenvalue weighted by atomic mass is 35.5. The molecule has 1 aliphatic heterocycles. The summed E-state index contributed by atoms with van der Waals surface area (Å²) in [6.07, 6.45) is -0.188. The monoisotopic (exact) mass is 424 g/mol. The van der Waals surface area contributed by atoms with Gasteiger partial charge >= 0.3 is 0 Å². The SMILES string of the molecule is Cc1ccc(Cl)cc1NC(=O)CCS(=O)(=O)c1ccc2c(c1)NC(=O)CS2. The Morgan fingerprint density at radius 2 is 2.04 bits per heavy atom. The average molecular weight is 425 g/mol. The lowest BCUT2D eigenvalue weighted by molar-refractivity contribution is -0.116. The van der Waals surface area contributed by atoms with Crippen LogP contribution < -0.4 is 10.6 Å². The van der Waals surface area contributed by atoms with Crippen LogP contribution in [-0.2, 0) is 19.4 Å². The number of nitrogens with one attached hydrogen (secondary N) is 2. The smallest absolute Gasteiger partial charge is 0.234 e. The van der Waals surface area contributed by atoms with Gasteiger partial charge in [-0.3, -0.25) is 9.59 Å². The van der Waals surface area contributed by atoms with Crippen LogP contribution in [-0.4, -0.2) is 31.7 Å². The van der Waals surface area contributed by atoms with Gasteiger partial charge < -0.3 is 10.6 Å². The summed E-state index contributed by atoms with van der Waals surface area (Å²) in [5, 5.41) is 5.83. The molecule has 0 atom stereocenters. The van der Waals surface area contributed by atoms with E-state index in [1.807, 2.05) is 6.92 Å². The molecule has 9 heteroatoms. The van der Waals surface area contributed by atoms with Gasteiger partial charge in [0.05, 0.1) is 22.1 Å². The van der Waals surface area contributed by atoms with Gasteiger partial charge in [0.15, 0.2) is 9.84 Å². The molecule has 142 valence electrons. The summed E-state index contributed by atoms with van der Waals surface area (Å²) in [7, 11) is -3.66. The summed E-state index contributed by atoms with van der Waals surface area (Å²) in [4.78, 5) is 24.5. The van der Waals surface area contributed by atoms with Gasteiger partial charge in [0, 0.05) is 22.0 Å². The zero-order valence-corrected chi connectivity index (χ0v) is 16.8. The molecule has 0 bridgehead atoms. The van der Waals surface area contributed by atoms with E-state index in [1.165, 1.54) is 23.9 Å². The Bertz CT molecular complexity index is 1020. The third-order valence-corrected chi connectivity index (χ3v) is 7.04. The molecule has 1 heterocycles. The number of anilines is 2. The molecule has 27 heavy (non-hydrogen) atoms. The lowest BCUT2D eigenvalue weighted by Crippen LogP contribution is -2.20. The van der Waals surface area contributed by atoms with Gasteiger partial charge in [-0.2, -0.15) is 0 Å². The number of thioether (sulfide) groups is 1. The van der Waals surface area contributed by atoms with Crippen LogP contribution in [0.25, 0.3) is 0 Å². The van der Waals surface area contributed by atoms with Gasteiger partial charge in [0.25, 0.3) is 0 Å². The van der Waals surface area contributed by atoms with Crippen molar-refractivity contribution in [2.75, 3.05) is 22.1 Å². The van der Waals surface area contributed by atoms with Gasteiger partial charge in [-0.25, -0.2) is 8.42 Å². The van der Waals surface area contributed by atoms with Crippen molar-refractivity contribution in [3.8, 4) is 0 Å². The summed E-state index contributed by atoms with van der Waals surface area (Å²) < 4.78 is 25.1. The minimum absolute atomic E-state index is 0.0794. The van der Waals surface area contributed by atoms with Crippen molar-refractivity contribution >= 4 is 56.4 Å². The predicted molar refractivity (Wildman–Crippen MR) is 107 cm³/mol. The van der Waals surface area contributed by atoms with Crippen LogP contribution in [0.2, 0.25) is 5.02 Å². The van der Waals surface area contributed by atoms with Gasteiger partial charge in [-0.05, 0) is 42.8 Å². The zero-order chi connectivity index (χ0) is 19.6. The number of carbonyl (C=O) groups excluding carboxylic acids is 2. The molecule has 0 radical (unpaired) electrons. The minimum Gasteiger partial charge on any atom is -0.326 e. The maximum absolute atomic E-state index is 12.6. The van der Waals surface area contributed by atoms with Gasteiger partial charge in [-0.15, -0.1) is 11.8 Å². The normalized spacial score (nSPS) is 13.6. The molecule has 2 aromatic rings. The van der Waals surface area contributed by atoms with E-state index >= 15 is 0 Å². The Balaban J connectivity index is 1.68. The summed E-state index contributed by atoms with van der Waals surface area (Å²) in [6.45, 7) is 1.82. The Kier molecular flexibility index (Phi) is 5.78. The lowest BCUT2D eigenvalue weighted by Gasteiger charge is -2.17. The zero-order valence-electron chi connectivity index (χ0n) is 14.4. The molecule has 6 nitrogen and oxygen atoms in total. The van der Waals surface area contributed by atoms with Crippen LogP contribution in [0.15, 0.2) is 46.2 Å². The molecule has 0 unspecified atom stereocenters. The van der Waals surface area contributed by atoms with E-state index in [-0.39, 0.29) is 23.0 Å². The third-order valence-electron chi connectivity index (χ3n) is 4.01. The highest BCUT2D eigenvalue weighted by molar-refractivity contribution is 8.00. The third kappa shape index (κ3) is 4.82. The predicted octanol–water partition coefficient (Wildman–Crippen LogP) is 3.50. The van der Waals surface area contributed by atoms with Crippen molar-refractivity contribution in [1.29, 1.82) is 0 Å². The van der Waals surface area contributed by atoms with Crippen molar-refractivity contribution in [1.82, 2.24) is 0 Å². The van der Waals surface area contributed by atoms with E-state index < -0.39 is 15.7 Å². The number of hydrogen-bond acceptors (Lipinski definition) is 5. The van der Waals surface area contributed by atoms with E-state index in [2.05, 4.69) is 10.6 Å². The van der Waals surface area contributed by atoms with Crippen LogP contribution in [0.5, 0.6) is 0 Å². The molecule has 0 fully saturated rings. The molecule has 0 saturated carbocycles. The van der Waals surface area contributed by atoms with Crippen molar-refractivity contribution in [2.45, 2.75) is 23.1 Å². The fraction of sp³-hybridized carbons (Fsp3) is 0.222. The van der Waals surface area contributed by atoms with Crippen molar-refractivity contribution in [3.63, 3.8) is 0 Å². The molecule has 0 aliphatic carbocycles. The number of halogens is 1. The fourth-order valence-corrected chi connectivity index (χ4v) is 4.77. The molecule has 0 aromatic heterocycles. The highest BCUT2D eigenvalue weighted by Crippen LogP contribution is 2.33. The Hall–Kier alpha value is -2.03. The summed E-state index contributed by atoms with van der Waals surface area (Å²) >= 11 is 7.28. The molecule has 3 rings (SSSR count). The first kappa shape index (κ1) is 19.7. The summed E-state index contributed by atoms with van der Waals surface area (Å²) in [6, 6.07) is 9.71. The van der Waals surface area contributed by atoms with E-state index in [9.17, 15) is 18.0 Å². The number of benzene rings is 2. The van der Waals surface area contributed by atoms with E-state index in [4.69, 9.17) is 11.6 Å². The number of rotatable bonds is 5. The second-order valence-electron chi connectivity index (χ2n) is 6.07. The van der Waals surface area contributed by atoms with Crippen molar-refractivity contribution in [2.24, 2.45) is 0 Å². The van der Waals surface area contributed by atoms with Crippen LogP contribution >= 0.6 is 23.4 Å².